The molecule has 1 aliphatic heterocycles. The third-order valence-electron chi connectivity index (χ3n) is 5.77. The lowest BCUT2D eigenvalue weighted by Gasteiger charge is -2.27. The van der Waals surface area contributed by atoms with E-state index in [0.29, 0.717) is 105 Å². The Bertz CT molecular complexity index is 768. The first kappa shape index (κ1) is 37.9. The number of hydrogen-bond acceptors (Lipinski definition) is 15. The normalized spacial score (nSPS) is 14.8. The van der Waals surface area contributed by atoms with Gasteiger partial charge in [0.25, 0.3) is 5.88 Å². The molecule has 2 heterocycles. The maximum atomic E-state index is 6.03. The van der Waals surface area contributed by atoms with Gasteiger partial charge in [0, 0.05) is 31.8 Å². The van der Waals surface area contributed by atoms with Gasteiger partial charge in [-0.05, 0) is 27.2 Å². The Morgan fingerprint density at radius 1 is 0.767 bits per heavy atom. The summed E-state index contributed by atoms with van der Waals surface area (Å²) in [6.45, 7) is 18.6. The van der Waals surface area contributed by atoms with Gasteiger partial charge in [0.05, 0.1) is 91.0 Å². The van der Waals surface area contributed by atoms with Crippen molar-refractivity contribution in [2.24, 2.45) is 0 Å². The molecule has 0 aromatic carbocycles. The van der Waals surface area contributed by atoms with E-state index in [4.69, 9.17) is 47.7 Å². The van der Waals surface area contributed by atoms with Crippen molar-refractivity contribution < 1.29 is 47.7 Å². The van der Waals surface area contributed by atoms with E-state index in [0.717, 1.165) is 43.7 Å². The second kappa shape index (κ2) is 25.0. The Hall–Kier alpha value is -1.24. The van der Waals surface area contributed by atoms with E-state index in [-0.39, 0.29) is 18.2 Å². The van der Waals surface area contributed by atoms with E-state index >= 15 is 0 Å². The molecular formula is C28H54N4O10S. The van der Waals surface area contributed by atoms with Gasteiger partial charge in [-0.25, -0.2) is 9.78 Å². The molecule has 0 saturated carbocycles. The van der Waals surface area contributed by atoms with Crippen molar-refractivity contribution in [1.82, 2.24) is 14.1 Å². The summed E-state index contributed by atoms with van der Waals surface area (Å²) in [4.78, 5) is 12.6. The number of morpholine rings is 1. The van der Waals surface area contributed by atoms with Crippen molar-refractivity contribution in [2.45, 2.75) is 45.8 Å². The summed E-state index contributed by atoms with van der Waals surface area (Å²) in [5, 5.41) is 3.46. The first-order valence-electron chi connectivity index (χ1n) is 15.3. The zero-order valence-corrected chi connectivity index (χ0v) is 27.4. The maximum Gasteiger partial charge on any atom is 0.270 e. The van der Waals surface area contributed by atoms with E-state index in [2.05, 4.69) is 46.7 Å². The van der Waals surface area contributed by atoms with Crippen LogP contribution in [0.15, 0.2) is 0 Å². The number of rotatable bonds is 28. The summed E-state index contributed by atoms with van der Waals surface area (Å²) in [5.41, 5.74) is -0.0555. The second-order valence-corrected chi connectivity index (χ2v) is 11.2. The molecule has 0 aliphatic carbocycles. The average Bonchev–Trinajstić information content (AvgIpc) is 3.47. The lowest BCUT2D eigenvalue weighted by atomic mass is 10.1. The van der Waals surface area contributed by atoms with Gasteiger partial charge in [0.1, 0.15) is 25.9 Å². The van der Waals surface area contributed by atoms with Gasteiger partial charge in [-0.2, -0.15) is 4.37 Å². The molecule has 1 aliphatic rings. The van der Waals surface area contributed by atoms with E-state index in [1.54, 1.807) is 0 Å². The highest BCUT2D eigenvalue weighted by Crippen LogP contribution is 2.26. The van der Waals surface area contributed by atoms with Crippen LogP contribution in [0.3, 0.4) is 0 Å². The molecule has 252 valence electrons. The van der Waals surface area contributed by atoms with E-state index in [1.165, 1.54) is 0 Å². The van der Waals surface area contributed by atoms with Gasteiger partial charge < -0.3 is 48.1 Å². The number of hydrogen-bond donors (Lipinski definition) is 1. The quantitative estimate of drug-likeness (QED) is 0.0814. The number of ether oxygens (including phenoxy) is 8. The predicted molar refractivity (Wildman–Crippen MR) is 162 cm³/mol. The Morgan fingerprint density at radius 2 is 1.30 bits per heavy atom. The Kier molecular flexibility index (Phi) is 22.1. The third-order valence-corrected chi connectivity index (χ3v) is 6.27. The molecule has 15 heteroatoms. The summed E-state index contributed by atoms with van der Waals surface area (Å²) >= 11 is 1.14. The highest BCUT2D eigenvalue weighted by molar-refractivity contribution is 6.99. The molecule has 43 heavy (non-hydrogen) atoms. The van der Waals surface area contributed by atoms with Crippen LogP contribution < -0.4 is 15.0 Å². The lowest BCUT2D eigenvalue weighted by Crippen LogP contribution is -2.44. The minimum absolute atomic E-state index is 0.0555. The largest absolute Gasteiger partial charge is 0.472 e. The van der Waals surface area contributed by atoms with Crippen molar-refractivity contribution in [1.29, 1.82) is 0 Å². The Morgan fingerprint density at radius 3 is 1.86 bits per heavy atom. The molecular weight excluding hydrogens is 584 g/mol. The molecule has 1 N–H and O–H groups in total. The fourth-order valence-electron chi connectivity index (χ4n) is 3.58. The molecule has 1 atom stereocenters. The number of nitrogens with zero attached hydrogens (tertiary/aromatic N) is 3. The van der Waals surface area contributed by atoms with Crippen LogP contribution in [0, 0.1) is 0 Å². The molecule has 0 spiro atoms. The Labute approximate surface area is 261 Å². The van der Waals surface area contributed by atoms with Crippen LogP contribution in [0.1, 0.15) is 34.1 Å². The van der Waals surface area contributed by atoms with Crippen LogP contribution >= 0.6 is 11.7 Å². The van der Waals surface area contributed by atoms with Gasteiger partial charge in [-0.15, -0.1) is 4.37 Å². The molecule has 2 rings (SSSR count). The summed E-state index contributed by atoms with van der Waals surface area (Å²) < 4.78 is 53.4. The van der Waals surface area contributed by atoms with E-state index in [1.807, 2.05) is 0 Å². The third kappa shape index (κ3) is 20.4. The van der Waals surface area contributed by atoms with Crippen LogP contribution in [-0.4, -0.2) is 146 Å². The summed E-state index contributed by atoms with van der Waals surface area (Å²) in [6, 6.07) is 0. The monoisotopic (exact) mass is 638 g/mol. The molecule has 1 saturated heterocycles. The Balaban J connectivity index is 1.44. The fraction of sp³-hybridized carbons (Fsp3) is 0.929. The molecule has 1 fully saturated rings. The number of aromatic nitrogens is 2. The SMILES string of the molecule is CCCOCCOCCOCCOCCOCCOOCCOC(CNC(C)(C)C)COc1nsnc1N1CCOCC1. The number of anilines is 1. The minimum atomic E-state index is -0.209. The molecule has 0 amide bonds. The maximum absolute atomic E-state index is 6.03. The molecule has 0 bridgehead atoms. The van der Waals surface area contributed by atoms with E-state index in [9.17, 15) is 0 Å². The molecule has 1 aromatic heterocycles. The minimum Gasteiger partial charge on any atom is -0.472 e. The smallest absolute Gasteiger partial charge is 0.270 e. The van der Waals surface area contributed by atoms with Gasteiger partial charge in [-0.3, -0.25) is 0 Å². The van der Waals surface area contributed by atoms with Crippen molar-refractivity contribution >= 4 is 17.5 Å². The topological polar surface area (TPSA) is 133 Å². The average molecular weight is 639 g/mol. The highest BCUT2D eigenvalue weighted by atomic mass is 32.1. The molecule has 1 unspecified atom stereocenters. The predicted octanol–water partition coefficient (Wildman–Crippen LogP) is 1.97. The summed E-state index contributed by atoms with van der Waals surface area (Å²) in [5.74, 6) is 1.29. The summed E-state index contributed by atoms with van der Waals surface area (Å²) in [6.07, 6.45) is 0.811. The first-order chi connectivity index (χ1) is 21.0. The lowest BCUT2D eigenvalue weighted by molar-refractivity contribution is -0.304. The van der Waals surface area contributed by atoms with Gasteiger partial charge in [0.15, 0.2) is 0 Å². The molecule has 0 radical (unpaired) electrons. The van der Waals surface area contributed by atoms with Gasteiger partial charge >= 0.3 is 0 Å². The van der Waals surface area contributed by atoms with Crippen LogP contribution in [0.5, 0.6) is 5.88 Å². The zero-order valence-electron chi connectivity index (χ0n) is 26.6. The van der Waals surface area contributed by atoms with Gasteiger partial charge in [0.2, 0.25) is 5.82 Å². The van der Waals surface area contributed by atoms with Crippen molar-refractivity contribution in [3.05, 3.63) is 0 Å². The van der Waals surface area contributed by atoms with Crippen LogP contribution in [0.2, 0.25) is 0 Å². The van der Waals surface area contributed by atoms with Crippen LogP contribution in [0.25, 0.3) is 0 Å². The number of nitrogens with one attached hydrogen (secondary N) is 1. The van der Waals surface area contributed by atoms with Crippen LogP contribution in [0.4, 0.5) is 5.82 Å². The zero-order chi connectivity index (χ0) is 30.9. The molecule has 1 aromatic rings. The van der Waals surface area contributed by atoms with Crippen molar-refractivity contribution in [3.63, 3.8) is 0 Å². The second-order valence-electron chi connectivity index (χ2n) is 10.6. The van der Waals surface area contributed by atoms with E-state index < -0.39 is 0 Å². The highest BCUT2D eigenvalue weighted by Gasteiger charge is 2.22. The standard InChI is InChI=1S/C28H54N4O10S/c1-5-8-33-11-12-35-13-14-36-15-16-37-17-18-38-19-21-41-42-22-20-39-25(23-29-28(2,3)4)24-40-27-26(30-43-31-27)32-6-9-34-10-7-32/h25,29H,5-24H2,1-4H3. The fourth-order valence-corrected chi connectivity index (χ4v) is 4.10. The van der Waals surface area contributed by atoms with Gasteiger partial charge in [-0.1, -0.05) is 6.92 Å². The van der Waals surface area contributed by atoms with Crippen molar-refractivity contribution in [3.8, 4) is 5.88 Å². The summed E-state index contributed by atoms with van der Waals surface area (Å²) in [7, 11) is 0. The molecule has 14 nitrogen and oxygen atoms in total. The van der Waals surface area contributed by atoms with Crippen LogP contribution in [-0.2, 0) is 42.9 Å². The first-order valence-corrected chi connectivity index (χ1v) is 16.0. The van der Waals surface area contributed by atoms with Crippen molar-refractivity contribution in [2.75, 3.05) is 130 Å².